The van der Waals surface area contributed by atoms with Crippen molar-refractivity contribution >= 4 is 49.9 Å². The molecule has 4 heterocycles. The SMILES string of the molecule is Clc1cccc(Cl)c1-c1nnn(C2CC2)c1CO[C@@H]1C[C@@H]2C[C@H]1CN2c1nc2c([C@H]3CCOC3)cccc2s1. The summed E-state index contributed by atoms with van der Waals surface area (Å²) in [4.78, 5) is 7.70. The maximum Gasteiger partial charge on any atom is 0.186 e. The summed E-state index contributed by atoms with van der Waals surface area (Å²) < 4.78 is 15.6. The lowest BCUT2D eigenvalue weighted by Gasteiger charge is -2.31. The van der Waals surface area contributed by atoms with E-state index in [9.17, 15) is 0 Å². The van der Waals surface area contributed by atoms with E-state index in [4.69, 9.17) is 37.7 Å². The number of hydrogen-bond donors (Lipinski definition) is 0. The van der Waals surface area contributed by atoms with Crippen LogP contribution < -0.4 is 4.90 Å². The van der Waals surface area contributed by atoms with E-state index >= 15 is 0 Å². The Balaban J connectivity index is 1.00. The predicted octanol–water partition coefficient (Wildman–Crippen LogP) is 6.88. The quantitative estimate of drug-likeness (QED) is 0.237. The molecule has 8 rings (SSSR count). The number of thiazole rings is 1. The Morgan fingerprint density at radius 1 is 1.03 bits per heavy atom. The first kappa shape index (κ1) is 24.6. The van der Waals surface area contributed by atoms with Gasteiger partial charge >= 0.3 is 0 Å². The van der Waals surface area contributed by atoms with Gasteiger partial charge in [0.05, 0.1) is 51.3 Å². The summed E-state index contributed by atoms with van der Waals surface area (Å²) >= 11 is 14.9. The third-order valence-electron chi connectivity index (χ3n) is 8.85. The highest BCUT2D eigenvalue weighted by atomic mass is 35.5. The molecule has 0 unspecified atom stereocenters. The molecule has 4 atom stereocenters. The summed E-state index contributed by atoms with van der Waals surface area (Å²) in [6.45, 7) is 3.10. The average Bonchev–Trinajstić information content (AvgIpc) is 3.45. The third kappa shape index (κ3) is 4.27. The predicted molar refractivity (Wildman–Crippen MR) is 154 cm³/mol. The summed E-state index contributed by atoms with van der Waals surface area (Å²) in [7, 11) is 0. The number of ether oxygens (including phenoxy) is 2. The largest absolute Gasteiger partial charge is 0.381 e. The summed E-state index contributed by atoms with van der Waals surface area (Å²) in [6.07, 6.45) is 5.69. The molecule has 2 aliphatic heterocycles. The van der Waals surface area contributed by atoms with Crippen molar-refractivity contribution in [2.24, 2.45) is 5.92 Å². The van der Waals surface area contributed by atoms with Crippen LogP contribution in [0.4, 0.5) is 5.13 Å². The van der Waals surface area contributed by atoms with E-state index in [1.54, 1.807) is 0 Å². The van der Waals surface area contributed by atoms with Gasteiger partial charge in [-0.15, -0.1) is 5.10 Å². The molecule has 2 saturated heterocycles. The number of fused-ring (bicyclic) bond motifs is 3. The van der Waals surface area contributed by atoms with Crippen LogP contribution in [0.25, 0.3) is 21.5 Å². The van der Waals surface area contributed by atoms with Gasteiger partial charge in [0, 0.05) is 36.6 Å². The van der Waals surface area contributed by atoms with Crippen LogP contribution in [0.1, 0.15) is 55.3 Å². The van der Waals surface area contributed by atoms with Gasteiger partial charge in [0.15, 0.2) is 5.13 Å². The zero-order valence-corrected chi connectivity index (χ0v) is 23.8. The molecule has 4 aliphatic rings. The standard InChI is InChI=1S/C29H29Cl2N5O2S/c30-21-4-2-5-22(31)26(21)28-23(36(34-33-28)18-7-8-18)15-38-24-12-19-11-17(24)13-35(19)29-32-27-20(16-9-10-37-14-16)3-1-6-25(27)39-29/h1-6,16-19,24H,7-15H2/t16-,17-,19-,24+/m0/s1. The minimum Gasteiger partial charge on any atom is -0.381 e. The second-order valence-electron chi connectivity index (χ2n) is 11.3. The maximum absolute atomic E-state index is 6.63. The van der Waals surface area contributed by atoms with E-state index in [0.717, 1.165) is 79.5 Å². The molecule has 2 aromatic carbocycles. The van der Waals surface area contributed by atoms with Crippen LogP contribution in [-0.2, 0) is 16.1 Å². The van der Waals surface area contributed by atoms with E-state index in [0.29, 0.717) is 40.6 Å². The number of para-hydroxylation sites is 1. The van der Waals surface area contributed by atoms with Gasteiger partial charge in [-0.2, -0.15) is 0 Å². The van der Waals surface area contributed by atoms with Gasteiger partial charge < -0.3 is 14.4 Å². The smallest absolute Gasteiger partial charge is 0.186 e. The molecule has 2 aliphatic carbocycles. The zero-order chi connectivity index (χ0) is 26.1. The Bertz CT molecular complexity index is 1530. The second kappa shape index (κ2) is 9.70. The van der Waals surface area contributed by atoms with E-state index in [1.165, 1.54) is 10.3 Å². The van der Waals surface area contributed by atoms with Crippen molar-refractivity contribution in [2.75, 3.05) is 24.7 Å². The number of benzene rings is 2. The fourth-order valence-corrected chi connectivity index (χ4v) is 8.36. The minimum absolute atomic E-state index is 0.212. The number of piperidine rings is 1. The molecule has 2 saturated carbocycles. The molecule has 10 heteroatoms. The van der Waals surface area contributed by atoms with Gasteiger partial charge in [0.2, 0.25) is 0 Å². The Morgan fingerprint density at radius 3 is 2.62 bits per heavy atom. The zero-order valence-electron chi connectivity index (χ0n) is 21.4. The van der Waals surface area contributed by atoms with Gasteiger partial charge in [-0.05, 0) is 55.9 Å². The van der Waals surface area contributed by atoms with Crippen LogP contribution >= 0.6 is 34.5 Å². The van der Waals surface area contributed by atoms with Crippen molar-refractivity contribution in [3.05, 3.63) is 57.7 Å². The summed E-state index contributed by atoms with van der Waals surface area (Å²) in [6, 6.07) is 13.0. The van der Waals surface area contributed by atoms with Gasteiger partial charge in [0.25, 0.3) is 0 Å². The lowest BCUT2D eigenvalue weighted by molar-refractivity contribution is 0.00958. The number of nitrogens with zero attached hydrogens (tertiary/aromatic N) is 5. The van der Waals surface area contributed by atoms with Crippen molar-refractivity contribution in [3.63, 3.8) is 0 Å². The summed E-state index contributed by atoms with van der Waals surface area (Å²) in [5, 5.41) is 11.3. The number of hydrogen-bond acceptors (Lipinski definition) is 7. The number of aromatic nitrogens is 4. The van der Waals surface area contributed by atoms with Gasteiger partial charge in [-0.25, -0.2) is 9.67 Å². The Morgan fingerprint density at radius 2 is 1.87 bits per heavy atom. The lowest BCUT2D eigenvalue weighted by Crippen LogP contribution is -2.38. The second-order valence-corrected chi connectivity index (χ2v) is 13.1. The first-order valence-corrected chi connectivity index (χ1v) is 15.4. The first-order valence-electron chi connectivity index (χ1n) is 13.9. The van der Waals surface area contributed by atoms with Crippen LogP contribution in [0.3, 0.4) is 0 Å². The van der Waals surface area contributed by atoms with E-state index < -0.39 is 0 Å². The number of halogens is 2. The van der Waals surface area contributed by atoms with Crippen molar-refractivity contribution in [1.82, 2.24) is 20.0 Å². The topological polar surface area (TPSA) is 65.3 Å². The Kier molecular flexibility index (Phi) is 6.11. The molecule has 202 valence electrons. The fraction of sp³-hybridized carbons (Fsp3) is 0.483. The monoisotopic (exact) mass is 581 g/mol. The normalized spacial score (nSPS) is 26.4. The van der Waals surface area contributed by atoms with Gasteiger partial charge in [-0.1, -0.05) is 58.0 Å². The van der Waals surface area contributed by atoms with Crippen molar-refractivity contribution < 1.29 is 9.47 Å². The van der Waals surface area contributed by atoms with Gasteiger partial charge in [0.1, 0.15) is 5.69 Å². The summed E-state index contributed by atoms with van der Waals surface area (Å²) in [5.74, 6) is 0.947. The lowest BCUT2D eigenvalue weighted by atomic mass is 9.98. The molecule has 7 nitrogen and oxygen atoms in total. The molecular formula is C29H29Cl2N5O2S. The highest BCUT2D eigenvalue weighted by Gasteiger charge is 2.46. The Hall–Kier alpha value is -2.23. The summed E-state index contributed by atoms with van der Waals surface area (Å²) in [5.41, 5.74) is 4.95. The van der Waals surface area contributed by atoms with Crippen molar-refractivity contribution in [3.8, 4) is 11.3 Å². The van der Waals surface area contributed by atoms with Crippen molar-refractivity contribution in [1.29, 1.82) is 0 Å². The molecule has 0 radical (unpaired) electrons. The highest BCUT2D eigenvalue weighted by Crippen LogP contribution is 2.46. The van der Waals surface area contributed by atoms with E-state index in [1.807, 2.05) is 34.2 Å². The van der Waals surface area contributed by atoms with Crippen LogP contribution in [0.5, 0.6) is 0 Å². The first-order chi connectivity index (χ1) is 19.1. The Labute approximate surface area is 241 Å². The average molecular weight is 583 g/mol. The van der Waals surface area contributed by atoms with Crippen molar-refractivity contribution in [2.45, 2.75) is 62.8 Å². The van der Waals surface area contributed by atoms with E-state index in [-0.39, 0.29) is 6.10 Å². The number of rotatable bonds is 7. The fourth-order valence-electron chi connectivity index (χ4n) is 6.70. The molecular weight excluding hydrogens is 553 g/mol. The molecule has 0 spiro atoms. The minimum atomic E-state index is 0.212. The molecule has 39 heavy (non-hydrogen) atoms. The highest BCUT2D eigenvalue weighted by molar-refractivity contribution is 7.22. The third-order valence-corrected chi connectivity index (χ3v) is 10.5. The molecule has 2 bridgehead atoms. The number of anilines is 1. The van der Waals surface area contributed by atoms with E-state index in [2.05, 4.69) is 33.4 Å². The molecule has 2 aromatic heterocycles. The van der Waals surface area contributed by atoms with Crippen LogP contribution in [0.15, 0.2) is 36.4 Å². The maximum atomic E-state index is 6.63. The van der Waals surface area contributed by atoms with Gasteiger partial charge in [-0.3, -0.25) is 0 Å². The molecule has 0 amide bonds. The molecule has 4 aromatic rings. The van der Waals surface area contributed by atoms with Crippen LogP contribution in [0, 0.1) is 5.92 Å². The molecule has 4 fully saturated rings. The van der Waals surface area contributed by atoms with Crippen LogP contribution in [0.2, 0.25) is 10.0 Å². The molecule has 0 N–H and O–H groups in total. The van der Waals surface area contributed by atoms with Crippen LogP contribution in [-0.4, -0.2) is 51.9 Å².